The van der Waals surface area contributed by atoms with Crippen molar-refractivity contribution in [3.8, 4) is 0 Å². The molecule has 1 unspecified atom stereocenters. The molecule has 0 radical (unpaired) electrons. The third-order valence-corrected chi connectivity index (χ3v) is 2.66. The summed E-state index contributed by atoms with van der Waals surface area (Å²) in [6.07, 6.45) is 1.41. The molecule has 0 aromatic carbocycles. The van der Waals surface area contributed by atoms with Crippen LogP contribution in [-0.2, 0) is 9.53 Å². The van der Waals surface area contributed by atoms with E-state index in [4.69, 9.17) is 11.5 Å². The van der Waals surface area contributed by atoms with Crippen molar-refractivity contribution in [1.29, 1.82) is 0 Å². The smallest absolute Gasteiger partial charge is 0.340 e. The summed E-state index contributed by atoms with van der Waals surface area (Å²) in [6, 6.07) is 0.823. The summed E-state index contributed by atoms with van der Waals surface area (Å²) in [6.45, 7) is 3.67. The highest BCUT2D eigenvalue weighted by Crippen LogP contribution is 2.22. The molecule has 1 aromatic rings. The van der Waals surface area contributed by atoms with E-state index in [-0.39, 0.29) is 23.0 Å². The molecule has 0 spiro atoms. The predicted octanol–water partition coefficient (Wildman–Crippen LogP) is 0.372. The Morgan fingerprint density at radius 2 is 2.05 bits per heavy atom. The van der Waals surface area contributed by atoms with Gasteiger partial charge in [-0.2, -0.15) is 0 Å². The highest BCUT2D eigenvalue weighted by Gasteiger charge is 2.22. The monoisotopic (exact) mass is 266 g/mol. The lowest BCUT2D eigenvalue weighted by molar-refractivity contribution is -0.119. The molecule has 0 saturated heterocycles. The molecule has 19 heavy (non-hydrogen) atoms. The standard InChI is InChI=1S/C12H18N4O3/c1-6(2)9(10(14)17)16-11-8(13)7(4-5-15-11)12(18)19-3/h4-6,9H,13H2,1-3H3,(H2,14,17)(H,15,16). The van der Waals surface area contributed by atoms with E-state index in [1.54, 1.807) is 0 Å². The first-order valence-electron chi connectivity index (χ1n) is 5.77. The van der Waals surface area contributed by atoms with E-state index in [0.717, 1.165) is 0 Å². The molecular formula is C12H18N4O3. The molecule has 7 nitrogen and oxygen atoms in total. The zero-order valence-corrected chi connectivity index (χ0v) is 11.1. The first kappa shape index (κ1) is 14.7. The van der Waals surface area contributed by atoms with E-state index in [9.17, 15) is 9.59 Å². The minimum absolute atomic E-state index is 0.0412. The van der Waals surface area contributed by atoms with Gasteiger partial charge in [0, 0.05) is 6.20 Å². The van der Waals surface area contributed by atoms with Crippen LogP contribution in [0.1, 0.15) is 24.2 Å². The number of anilines is 2. The molecule has 0 saturated carbocycles. The Hall–Kier alpha value is -2.31. The fourth-order valence-electron chi connectivity index (χ4n) is 1.59. The van der Waals surface area contributed by atoms with Crippen LogP contribution in [0.5, 0.6) is 0 Å². The van der Waals surface area contributed by atoms with E-state index >= 15 is 0 Å². The van der Waals surface area contributed by atoms with E-state index in [2.05, 4.69) is 15.0 Å². The number of ether oxygens (including phenoxy) is 1. The number of carbonyl (C=O) groups is 2. The van der Waals surface area contributed by atoms with Gasteiger partial charge in [-0.1, -0.05) is 13.8 Å². The third-order valence-electron chi connectivity index (χ3n) is 2.66. The fourth-order valence-corrected chi connectivity index (χ4v) is 1.59. The van der Waals surface area contributed by atoms with Crippen molar-refractivity contribution in [3.05, 3.63) is 17.8 Å². The van der Waals surface area contributed by atoms with Crippen molar-refractivity contribution in [2.75, 3.05) is 18.2 Å². The highest BCUT2D eigenvalue weighted by atomic mass is 16.5. The van der Waals surface area contributed by atoms with Gasteiger partial charge in [0.1, 0.15) is 6.04 Å². The molecule has 0 aliphatic rings. The quantitative estimate of drug-likeness (QED) is 0.662. The van der Waals surface area contributed by atoms with E-state index < -0.39 is 17.9 Å². The number of carbonyl (C=O) groups excluding carboxylic acids is 2. The minimum atomic E-state index is -0.623. The largest absolute Gasteiger partial charge is 0.465 e. The maximum atomic E-state index is 11.5. The number of esters is 1. The number of nitrogen functional groups attached to an aromatic ring is 1. The van der Waals surface area contributed by atoms with Crippen LogP contribution in [-0.4, -0.2) is 30.0 Å². The number of pyridine rings is 1. The number of rotatable bonds is 5. The van der Waals surface area contributed by atoms with Crippen molar-refractivity contribution < 1.29 is 14.3 Å². The Kier molecular flexibility index (Phi) is 4.68. The Bertz CT molecular complexity index is 488. The Morgan fingerprint density at radius 3 is 2.53 bits per heavy atom. The van der Waals surface area contributed by atoms with Crippen LogP contribution in [0.25, 0.3) is 0 Å². The lowest BCUT2D eigenvalue weighted by Crippen LogP contribution is -2.40. The Labute approximate surface area is 111 Å². The van der Waals surface area contributed by atoms with Crippen LogP contribution < -0.4 is 16.8 Å². The number of nitrogens with one attached hydrogen (secondary N) is 1. The topological polar surface area (TPSA) is 120 Å². The highest BCUT2D eigenvalue weighted by molar-refractivity contribution is 5.98. The second-order valence-electron chi connectivity index (χ2n) is 4.38. The van der Waals surface area contributed by atoms with Gasteiger partial charge in [0.15, 0.2) is 5.82 Å². The lowest BCUT2D eigenvalue weighted by atomic mass is 10.0. The van der Waals surface area contributed by atoms with Crippen LogP contribution in [0.4, 0.5) is 11.5 Å². The molecule has 0 bridgehead atoms. The van der Waals surface area contributed by atoms with Crippen LogP contribution in [0, 0.1) is 5.92 Å². The Balaban J connectivity index is 3.08. The van der Waals surface area contributed by atoms with Crippen LogP contribution >= 0.6 is 0 Å². The normalized spacial score (nSPS) is 12.0. The first-order chi connectivity index (χ1) is 8.88. The van der Waals surface area contributed by atoms with Crippen molar-refractivity contribution in [1.82, 2.24) is 4.98 Å². The first-order valence-corrected chi connectivity index (χ1v) is 5.77. The number of hydrogen-bond acceptors (Lipinski definition) is 6. The average Bonchev–Trinajstić information content (AvgIpc) is 2.35. The fraction of sp³-hybridized carbons (Fsp3) is 0.417. The molecule has 0 fully saturated rings. The van der Waals surface area contributed by atoms with Crippen molar-refractivity contribution in [3.63, 3.8) is 0 Å². The van der Waals surface area contributed by atoms with Gasteiger partial charge in [0.25, 0.3) is 0 Å². The number of nitrogens with zero attached hydrogens (tertiary/aromatic N) is 1. The van der Waals surface area contributed by atoms with Crippen molar-refractivity contribution >= 4 is 23.4 Å². The van der Waals surface area contributed by atoms with Gasteiger partial charge in [-0.05, 0) is 12.0 Å². The predicted molar refractivity (Wildman–Crippen MR) is 71.4 cm³/mol. The number of aromatic nitrogens is 1. The zero-order chi connectivity index (χ0) is 14.6. The molecule has 1 atom stereocenters. The van der Waals surface area contributed by atoms with Crippen molar-refractivity contribution in [2.24, 2.45) is 11.7 Å². The summed E-state index contributed by atoms with van der Waals surface area (Å²) in [4.78, 5) is 26.8. The van der Waals surface area contributed by atoms with Crippen LogP contribution in [0.3, 0.4) is 0 Å². The summed E-state index contributed by atoms with van der Waals surface area (Å²) in [5.74, 6) is -0.885. The van der Waals surface area contributed by atoms with Gasteiger partial charge >= 0.3 is 5.97 Å². The Morgan fingerprint density at radius 1 is 1.42 bits per heavy atom. The number of primary amides is 1. The second kappa shape index (κ2) is 6.03. The lowest BCUT2D eigenvalue weighted by Gasteiger charge is -2.20. The summed E-state index contributed by atoms with van der Waals surface area (Å²) >= 11 is 0. The number of amides is 1. The summed E-state index contributed by atoms with van der Waals surface area (Å²) in [5, 5.41) is 2.85. The zero-order valence-electron chi connectivity index (χ0n) is 11.1. The third kappa shape index (κ3) is 3.34. The number of hydrogen-bond donors (Lipinski definition) is 3. The minimum Gasteiger partial charge on any atom is -0.465 e. The molecule has 0 aliphatic carbocycles. The van der Waals surface area contributed by atoms with Gasteiger partial charge in [-0.3, -0.25) is 4.79 Å². The molecule has 1 aromatic heterocycles. The average molecular weight is 266 g/mol. The number of methoxy groups -OCH3 is 1. The van der Waals surface area contributed by atoms with Gasteiger partial charge in [-0.15, -0.1) is 0 Å². The van der Waals surface area contributed by atoms with Gasteiger partial charge < -0.3 is 21.5 Å². The van der Waals surface area contributed by atoms with E-state index in [0.29, 0.717) is 0 Å². The molecule has 5 N–H and O–H groups in total. The van der Waals surface area contributed by atoms with Gasteiger partial charge in [0.2, 0.25) is 5.91 Å². The summed E-state index contributed by atoms with van der Waals surface area (Å²) in [5.41, 5.74) is 11.4. The maximum absolute atomic E-state index is 11.5. The SMILES string of the molecule is COC(=O)c1ccnc(NC(C(N)=O)C(C)C)c1N. The van der Waals surface area contributed by atoms with E-state index in [1.807, 2.05) is 13.8 Å². The van der Waals surface area contributed by atoms with Crippen LogP contribution in [0.15, 0.2) is 12.3 Å². The second-order valence-corrected chi connectivity index (χ2v) is 4.38. The van der Waals surface area contributed by atoms with Gasteiger partial charge in [-0.25, -0.2) is 9.78 Å². The molecule has 0 aliphatic heterocycles. The molecule has 1 amide bonds. The molecule has 104 valence electrons. The summed E-state index contributed by atoms with van der Waals surface area (Å²) < 4.78 is 4.61. The molecular weight excluding hydrogens is 248 g/mol. The number of nitrogens with two attached hydrogens (primary N) is 2. The van der Waals surface area contributed by atoms with Gasteiger partial charge in [0.05, 0.1) is 18.4 Å². The molecule has 1 heterocycles. The molecule has 7 heteroatoms. The maximum Gasteiger partial charge on any atom is 0.340 e. The summed E-state index contributed by atoms with van der Waals surface area (Å²) in [7, 11) is 1.26. The van der Waals surface area contributed by atoms with Crippen LogP contribution in [0.2, 0.25) is 0 Å². The molecule has 1 rings (SSSR count). The van der Waals surface area contributed by atoms with Crippen molar-refractivity contribution in [2.45, 2.75) is 19.9 Å². The van der Waals surface area contributed by atoms with E-state index in [1.165, 1.54) is 19.4 Å².